The Labute approximate surface area is 167 Å². The van der Waals surface area contributed by atoms with Crippen LogP contribution in [-0.4, -0.2) is 10.9 Å². The Balaban J connectivity index is 1.78. The number of rotatable bonds is 3. The fraction of sp³-hybridized carbons (Fsp3) is 0.0476. The molecule has 2 heterocycles. The van der Waals surface area contributed by atoms with E-state index in [1.54, 1.807) is 36.4 Å². The van der Waals surface area contributed by atoms with Crippen LogP contribution < -0.4 is 5.32 Å². The molecule has 0 aliphatic heterocycles. The average molecular weight is 417 g/mol. The summed E-state index contributed by atoms with van der Waals surface area (Å²) in [6, 6.07) is 14.6. The predicted molar refractivity (Wildman–Crippen MR) is 104 cm³/mol. The van der Waals surface area contributed by atoms with Crippen LogP contribution in [0.2, 0.25) is 5.02 Å². The van der Waals surface area contributed by atoms with Crippen molar-refractivity contribution in [1.29, 1.82) is 0 Å². The summed E-state index contributed by atoms with van der Waals surface area (Å²) in [7, 11) is 0. The molecule has 4 nitrogen and oxygen atoms in total. The van der Waals surface area contributed by atoms with E-state index in [1.165, 1.54) is 12.3 Å². The van der Waals surface area contributed by atoms with Crippen LogP contribution in [0.15, 0.2) is 71.3 Å². The number of halogens is 4. The predicted octanol–water partition coefficient (Wildman–Crippen LogP) is 6.42. The number of furan rings is 1. The van der Waals surface area contributed by atoms with Gasteiger partial charge in [-0.2, -0.15) is 13.2 Å². The van der Waals surface area contributed by atoms with Gasteiger partial charge in [0.25, 0.3) is 5.91 Å². The number of nitrogens with zero attached hydrogens (tertiary/aromatic N) is 1. The fourth-order valence-corrected chi connectivity index (χ4v) is 3.07. The molecular formula is C21H12ClF3N2O2. The van der Waals surface area contributed by atoms with E-state index in [2.05, 4.69) is 10.3 Å². The zero-order valence-corrected chi connectivity index (χ0v) is 15.4. The second-order valence-electron chi connectivity index (χ2n) is 6.20. The lowest BCUT2D eigenvalue weighted by Crippen LogP contribution is -2.14. The van der Waals surface area contributed by atoms with Crippen molar-refractivity contribution >= 4 is 34.1 Å². The van der Waals surface area contributed by atoms with Gasteiger partial charge in [-0.1, -0.05) is 29.8 Å². The number of carbonyl (C=O) groups excluding carboxylic acids is 1. The maximum Gasteiger partial charge on any atom is 0.416 e. The average Bonchev–Trinajstić information content (AvgIpc) is 3.22. The molecule has 1 amide bonds. The highest BCUT2D eigenvalue weighted by Crippen LogP contribution is 2.34. The van der Waals surface area contributed by atoms with Crippen LogP contribution in [0.4, 0.5) is 18.9 Å². The number of pyridine rings is 1. The van der Waals surface area contributed by atoms with Crippen molar-refractivity contribution in [2.45, 2.75) is 6.18 Å². The Hall–Kier alpha value is -3.32. The minimum atomic E-state index is -4.56. The van der Waals surface area contributed by atoms with Gasteiger partial charge in [0, 0.05) is 5.39 Å². The van der Waals surface area contributed by atoms with Gasteiger partial charge in [-0.25, -0.2) is 4.98 Å². The first-order valence-electron chi connectivity index (χ1n) is 8.45. The third kappa shape index (κ3) is 3.82. The first-order valence-corrected chi connectivity index (χ1v) is 8.82. The number of nitrogens with one attached hydrogen (secondary N) is 1. The quantitative estimate of drug-likeness (QED) is 0.419. The van der Waals surface area contributed by atoms with Gasteiger partial charge in [-0.05, 0) is 42.5 Å². The Morgan fingerprint density at radius 1 is 1.03 bits per heavy atom. The van der Waals surface area contributed by atoms with Crippen molar-refractivity contribution in [1.82, 2.24) is 4.98 Å². The molecule has 0 saturated carbocycles. The molecule has 0 unspecified atom stereocenters. The van der Waals surface area contributed by atoms with Gasteiger partial charge >= 0.3 is 6.18 Å². The van der Waals surface area contributed by atoms with Gasteiger partial charge < -0.3 is 9.73 Å². The topological polar surface area (TPSA) is 55.1 Å². The third-order valence-corrected chi connectivity index (χ3v) is 4.61. The highest BCUT2D eigenvalue weighted by molar-refractivity contribution is 6.34. The van der Waals surface area contributed by atoms with E-state index in [-0.39, 0.29) is 16.3 Å². The number of para-hydroxylation sites is 1. The molecule has 0 spiro atoms. The number of benzene rings is 2. The first kappa shape index (κ1) is 19.0. The summed E-state index contributed by atoms with van der Waals surface area (Å²) < 4.78 is 44.4. The zero-order chi connectivity index (χ0) is 20.6. The molecule has 0 aliphatic rings. The standard InChI is InChI=1S/C21H12ClF3N2O2/c22-15-8-7-12(21(23,24)25)10-17(15)27-20(28)14-11-18(19-6-3-9-29-19)26-16-5-2-1-4-13(14)16/h1-11H,(H,27,28). The molecule has 0 aliphatic carbocycles. The SMILES string of the molecule is O=C(Nc1cc(C(F)(F)F)ccc1Cl)c1cc(-c2ccco2)nc2ccccc12. The molecule has 0 atom stereocenters. The highest BCUT2D eigenvalue weighted by Gasteiger charge is 2.31. The Morgan fingerprint density at radius 2 is 1.83 bits per heavy atom. The molecule has 0 bridgehead atoms. The molecule has 8 heteroatoms. The minimum Gasteiger partial charge on any atom is -0.463 e. The van der Waals surface area contributed by atoms with Crippen molar-refractivity contribution < 1.29 is 22.4 Å². The summed E-state index contributed by atoms with van der Waals surface area (Å²) in [4.78, 5) is 17.4. The molecule has 1 N–H and O–H groups in total. The van der Waals surface area contributed by atoms with Gasteiger partial charge in [0.15, 0.2) is 5.76 Å². The molecule has 0 radical (unpaired) electrons. The molecule has 4 rings (SSSR count). The minimum absolute atomic E-state index is 0.00373. The molecule has 146 valence electrons. The maximum absolute atomic E-state index is 13.0. The van der Waals surface area contributed by atoms with E-state index in [9.17, 15) is 18.0 Å². The van der Waals surface area contributed by atoms with Crippen LogP contribution in [0.5, 0.6) is 0 Å². The molecule has 29 heavy (non-hydrogen) atoms. The van der Waals surface area contributed by atoms with E-state index >= 15 is 0 Å². The lowest BCUT2D eigenvalue weighted by molar-refractivity contribution is -0.137. The van der Waals surface area contributed by atoms with E-state index in [0.717, 1.165) is 18.2 Å². The van der Waals surface area contributed by atoms with Crippen LogP contribution in [0.3, 0.4) is 0 Å². The van der Waals surface area contributed by atoms with Gasteiger partial charge in [0.1, 0.15) is 5.69 Å². The number of anilines is 1. The number of aromatic nitrogens is 1. The van der Waals surface area contributed by atoms with Gasteiger partial charge in [-0.15, -0.1) is 0 Å². The van der Waals surface area contributed by atoms with Crippen LogP contribution in [0.1, 0.15) is 15.9 Å². The van der Waals surface area contributed by atoms with Crippen molar-refractivity contribution in [3.63, 3.8) is 0 Å². The van der Waals surface area contributed by atoms with Gasteiger partial charge in [0.2, 0.25) is 0 Å². The molecule has 2 aromatic carbocycles. The number of amides is 1. The Bertz CT molecular complexity index is 1200. The molecule has 2 aromatic heterocycles. The summed E-state index contributed by atoms with van der Waals surface area (Å²) in [5.41, 5.74) is 0.158. The smallest absolute Gasteiger partial charge is 0.416 e. The fourth-order valence-electron chi connectivity index (χ4n) is 2.90. The van der Waals surface area contributed by atoms with Crippen LogP contribution in [-0.2, 0) is 6.18 Å². The summed E-state index contributed by atoms with van der Waals surface area (Å²) in [5.74, 6) is -0.153. The molecule has 0 fully saturated rings. The van der Waals surface area contributed by atoms with Crippen molar-refractivity contribution in [3.8, 4) is 11.5 Å². The number of carbonyl (C=O) groups is 1. The van der Waals surface area contributed by atoms with Gasteiger partial charge in [-0.3, -0.25) is 4.79 Å². The van der Waals surface area contributed by atoms with E-state index < -0.39 is 17.6 Å². The van der Waals surface area contributed by atoms with E-state index in [4.69, 9.17) is 16.0 Å². The Morgan fingerprint density at radius 3 is 2.55 bits per heavy atom. The normalized spacial score (nSPS) is 11.6. The summed E-state index contributed by atoms with van der Waals surface area (Å²) in [6.45, 7) is 0. The first-order chi connectivity index (χ1) is 13.8. The van der Waals surface area contributed by atoms with Gasteiger partial charge in [0.05, 0.1) is 33.6 Å². The van der Waals surface area contributed by atoms with Crippen LogP contribution in [0, 0.1) is 0 Å². The van der Waals surface area contributed by atoms with E-state index in [0.29, 0.717) is 22.4 Å². The number of hydrogen-bond acceptors (Lipinski definition) is 3. The lowest BCUT2D eigenvalue weighted by Gasteiger charge is -2.13. The van der Waals surface area contributed by atoms with Crippen LogP contribution >= 0.6 is 11.6 Å². The monoisotopic (exact) mass is 416 g/mol. The molecule has 4 aromatic rings. The summed E-state index contributed by atoms with van der Waals surface area (Å²) in [5, 5.41) is 3.02. The zero-order valence-electron chi connectivity index (χ0n) is 14.6. The summed E-state index contributed by atoms with van der Waals surface area (Å²) >= 11 is 6.00. The largest absolute Gasteiger partial charge is 0.463 e. The number of fused-ring (bicyclic) bond motifs is 1. The highest BCUT2D eigenvalue weighted by atomic mass is 35.5. The van der Waals surface area contributed by atoms with Crippen molar-refractivity contribution in [2.24, 2.45) is 0 Å². The summed E-state index contributed by atoms with van der Waals surface area (Å²) in [6.07, 6.45) is -3.08. The van der Waals surface area contributed by atoms with Crippen LogP contribution in [0.25, 0.3) is 22.4 Å². The number of alkyl halides is 3. The molecular weight excluding hydrogens is 405 g/mol. The van der Waals surface area contributed by atoms with Crippen molar-refractivity contribution in [3.05, 3.63) is 83.1 Å². The second kappa shape index (κ2) is 7.25. The van der Waals surface area contributed by atoms with Crippen molar-refractivity contribution in [2.75, 3.05) is 5.32 Å². The van der Waals surface area contributed by atoms with E-state index in [1.807, 2.05) is 0 Å². The third-order valence-electron chi connectivity index (χ3n) is 4.28. The Kier molecular flexibility index (Phi) is 4.76. The molecule has 0 saturated heterocycles. The second-order valence-corrected chi connectivity index (χ2v) is 6.60. The maximum atomic E-state index is 13.0. The lowest BCUT2D eigenvalue weighted by atomic mass is 10.1. The number of hydrogen-bond donors (Lipinski definition) is 1.